The van der Waals surface area contributed by atoms with Crippen molar-refractivity contribution in [1.82, 2.24) is 0 Å². The summed E-state index contributed by atoms with van der Waals surface area (Å²) in [5.74, 6) is -1.78. The minimum Gasteiger partial charge on any atom is -0.327 e. The maximum atomic E-state index is 14.0. The van der Waals surface area contributed by atoms with Crippen molar-refractivity contribution in [2.24, 2.45) is 5.73 Å². The van der Waals surface area contributed by atoms with Crippen LogP contribution in [0.3, 0.4) is 0 Å². The molecule has 112 valence electrons. The standard InChI is InChI=1S/C16H16F3NS/c1-2-12(20)7-10-3-5-15(13(18)8-10)21-16-6-4-11(17)9-14(16)19/h3-6,8-9,12H,2,7,20H2,1H3. The highest BCUT2D eigenvalue weighted by atomic mass is 32.2. The fourth-order valence-corrected chi connectivity index (χ4v) is 2.70. The average molecular weight is 311 g/mol. The normalized spacial score (nSPS) is 12.4. The van der Waals surface area contributed by atoms with E-state index >= 15 is 0 Å². The van der Waals surface area contributed by atoms with E-state index in [1.54, 1.807) is 12.1 Å². The molecule has 2 rings (SSSR count). The van der Waals surface area contributed by atoms with Crippen molar-refractivity contribution in [1.29, 1.82) is 0 Å². The fourth-order valence-electron chi connectivity index (χ4n) is 1.88. The molecule has 0 amide bonds. The number of rotatable bonds is 5. The third-order valence-corrected chi connectivity index (χ3v) is 4.23. The van der Waals surface area contributed by atoms with Gasteiger partial charge < -0.3 is 5.73 Å². The van der Waals surface area contributed by atoms with E-state index in [4.69, 9.17) is 5.73 Å². The molecule has 5 heteroatoms. The van der Waals surface area contributed by atoms with Crippen molar-refractivity contribution in [3.63, 3.8) is 0 Å². The summed E-state index contributed by atoms with van der Waals surface area (Å²) >= 11 is 0.935. The summed E-state index contributed by atoms with van der Waals surface area (Å²) in [5, 5.41) is 0. The maximum absolute atomic E-state index is 14.0. The highest BCUT2D eigenvalue weighted by Crippen LogP contribution is 2.32. The zero-order valence-electron chi connectivity index (χ0n) is 11.6. The molecular formula is C16H16F3NS. The summed E-state index contributed by atoms with van der Waals surface area (Å²) in [6, 6.07) is 8.03. The van der Waals surface area contributed by atoms with Crippen LogP contribution < -0.4 is 5.73 Å². The van der Waals surface area contributed by atoms with Gasteiger partial charge in [-0.05, 0) is 42.7 Å². The van der Waals surface area contributed by atoms with Crippen LogP contribution in [-0.4, -0.2) is 6.04 Å². The predicted octanol–water partition coefficient (Wildman–Crippen LogP) is 4.53. The molecular weight excluding hydrogens is 295 g/mol. The zero-order valence-corrected chi connectivity index (χ0v) is 12.4. The lowest BCUT2D eigenvalue weighted by atomic mass is 10.0. The van der Waals surface area contributed by atoms with Crippen LogP contribution in [0, 0.1) is 17.5 Å². The first kappa shape index (κ1) is 15.9. The highest BCUT2D eigenvalue weighted by Gasteiger charge is 2.11. The van der Waals surface area contributed by atoms with Gasteiger partial charge in [0, 0.05) is 21.9 Å². The van der Waals surface area contributed by atoms with E-state index in [1.165, 1.54) is 12.1 Å². The lowest BCUT2D eigenvalue weighted by Gasteiger charge is -2.10. The van der Waals surface area contributed by atoms with Gasteiger partial charge in [0.2, 0.25) is 0 Å². The molecule has 0 bridgehead atoms. The lowest BCUT2D eigenvalue weighted by molar-refractivity contribution is 0.565. The monoisotopic (exact) mass is 311 g/mol. The van der Waals surface area contributed by atoms with Crippen LogP contribution in [0.4, 0.5) is 13.2 Å². The van der Waals surface area contributed by atoms with Crippen molar-refractivity contribution in [2.45, 2.75) is 35.6 Å². The Labute approximate surface area is 126 Å². The third-order valence-electron chi connectivity index (χ3n) is 3.13. The van der Waals surface area contributed by atoms with E-state index in [0.717, 1.165) is 35.9 Å². The molecule has 0 heterocycles. The van der Waals surface area contributed by atoms with E-state index < -0.39 is 17.5 Å². The summed E-state index contributed by atoms with van der Waals surface area (Å²) < 4.78 is 40.4. The van der Waals surface area contributed by atoms with Gasteiger partial charge in [0.15, 0.2) is 0 Å². The second-order valence-electron chi connectivity index (χ2n) is 4.81. The van der Waals surface area contributed by atoms with Gasteiger partial charge in [-0.1, -0.05) is 24.8 Å². The van der Waals surface area contributed by atoms with Gasteiger partial charge in [-0.25, -0.2) is 13.2 Å². The summed E-state index contributed by atoms with van der Waals surface area (Å²) in [5.41, 5.74) is 6.65. The van der Waals surface area contributed by atoms with Gasteiger partial charge in [-0.3, -0.25) is 0 Å². The molecule has 0 aromatic heterocycles. The Kier molecular flexibility index (Phi) is 5.31. The van der Waals surface area contributed by atoms with Crippen molar-refractivity contribution in [3.8, 4) is 0 Å². The van der Waals surface area contributed by atoms with Crippen molar-refractivity contribution in [2.75, 3.05) is 0 Å². The molecule has 0 saturated heterocycles. The topological polar surface area (TPSA) is 26.0 Å². The smallest absolute Gasteiger partial charge is 0.140 e. The first-order chi connectivity index (χ1) is 9.99. The van der Waals surface area contributed by atoms with Crippen molar-refractivity contribution in [3.05, 3.63) is 59.4 Å². The van der Waals surface area contributed by atoms with Gasteiger partial charge in [0.1, 0.15) is 17.5 Å². The molecule has 2 aromatic rings. The van der Waals surface area contributed by atoms with Crippen LogP contribution in [0.5, 0.6) is 0 Å². The largest absolute Gasteiger partial charge is 0.327 e. The van der Waals surface area contributed by atoms with E-state index in [0.29, 0.717) is 11.3 Å². The van der Waals surface area contributed by atoms with Gasteiger partial charge in [-0.2, -0.15) is 0 Å². The molecule has 1 nitrogen and oxygen atoms in total. The second-order valence-corrected chi connectivity index (χ2v) is 5.90. The maximum Gasteiger partial charge on any atom is 0.140 e. The Hall–Kier alpha value is -1.46. The molecule has 2 aromatic carbocycles. The summed E-state index contributed by atoms with van der Waals surface area (Å²) in [6.07, 6.45) is 1.42. The molecule has 0 spiro atoms. The van der Waals surface area contributed by atoms with Crippen molar-refractivity contribution >= 4 is 11.8 Å². The van der Waals surface area contributed by atoms with Crippen molar-refractivity contribution < 1.29 is 13.2 Å². The van der Waals surface area contributed by atoms with E-state index in [-0.39, 0.29) is 10.9 Å². The molecule has 21 heavy (non-hydrogen) atoms. The Morgan fingerprint density at radius 3 is 2.19 bits per heavy atom. The number of halogens is 3. The number of nitrogens with two attached hydrogens (primary N) is 1. The number of hydrogen-bond donors (Lipinski definition) is 1. The van der Waals surface area contributed by atoms with Crippen LogP contribution >= 0.6 is 11.8 Å². The molecule has 1 atom stereocenters. The molecule has 0 saturated carbocycles. The quantitative estimate of drug-likeness (QED) is 0.877. The number of benzene rings is 2. The van der Waals surface area contributed by atoms with E-state index in [2.05, 4.69) is 0 Å². The van der Waals surface area contributed by atoms with Gasteiger partial charge in [-0.15, -0.1) is 0 Å². The lowest BCUT2D eigenvalue weighted by Crippen LogP contribution is -2.21. The molecule has 0 radical (unpaired) electrons. The summed E-state index contributed by atoms with van der Waals surface area (Å²) in [7, 11) is 0. The van der Waals surface area contributed by atoms with Gasteiger partial charge in [0.05, 0.1) is 0 Å². The molecule has 0 aliphatic carbocycles. The van der Waals surface area contributed by atoms with Crippen LogP contribution in [0.1, 0.15) is 18.9 Å². The predicted molar refractivity (Wildman–Crippen MR) is 78.9 cm³/mol. The minimum atomic E-state index is -0.698. The molecule has 1 unspecified atom stereocenters. The van der Waals surface area contributed by atoms with Gasteiger partial charge in [0.25, 0.3) is 0 Å². The summed E-state index contributed by atoms with van der Waals surface area (Å²) in [4.78, 5) is 0.489. The third kappa shape index (κ3) is 4.25. The zero-order chi connectivity index (χ0) is 15.4. The Balaban J connectivity index is 2.17. The Morgan fingerprint density at radius 2 is 1.62 bits per heavy atom. The van der Waals surface area contributed by atoms with Crippen LogP contribution in [0.25, 0.3) is 0 Å². The molecule has 2 N–H and O–H groups in total. The van der Waals surface area contributed by atoms with Crippen LogP contribution in [-0.2, 0) is 6.42 Å². The SMILES string of the molecule is CCC(N)Cc1ccc(Sc2ccc(F)cc2F)c(F)c1. The highest BCUT2D eigenvalue weighted by molar-refractivity contribution is 7.99. The van der Waals surface area contributed by atoms with E-state index in [9.17, 15) is 13.2 Å². The first-order valence-corrected chi connectivity index (χ1v) is 7.48. The van der Waals surface area contributed by atoms with Crippen LogP contribution in [0.15, 0.2) is 46.2 Å². The first-order valence-electron chi connectivity index (χ1n) is 6.66. The molecule has 0 fully saturated rings. The minimum absolute atomic E-state index is 0.00236. The Bertz CT molecular complexity index is 631. The van der Waals surface area contributed by atoms with Crippen LogP contribution in [0.2, 0.25) is 0 Å². The number of hydrogen-bond acceptors (Lipinski definition) is 2. The Morgan fingerprint density at radius 1 is 1.00 bits per heavy atom. The van der Waals surface area contributed by atoms with Gasteiger partial charge >= 0.3 is 0 Å². The average Bonchev–Trinajstić information content (AvgIpc) is 2.44. The fraction of sp³-hybridized carbons (Fsp3) is 0.250. The molecule has 0 aliphatic heterocycles. The summed E-state index contributed by atoms with van der Waals surface area (Å²) in [6.45, 7) is 1.97. The van der Waals surface area contributed by atoms with E-state index in [1.807, 2.05) is 6.92 Å². The molecule has 0 aliphatic rings. The second kappa shape index (κ2) is 7.00.